The Bertz CT molecular complexity index is 3700. The van der Waals surface area contributed by atoms with Crippen molar-refractivity contribution in [2.24, 2.45) is 0 Å². The van der Waals surface area contributed by atoms with Gasteiger partial charge in [0.05, 0.1) is 43.5 Å². The van der Waals surface area contributed by atoms with Crippen LogP contribution in [0.3, 0.4) is 0 Å². The summed E-state index contributed by atoms with van der Waals surface area (Å²) in [5.74, 6) is 0.743. The maximum atomic E-state index is 5.25. The summed E-state index contributed by atoms with van der Waals surface area (Å²) < 4.78 is 7.31. The molecule has 0 aliphatic carbocycles. The second kappa shape index (κ2) is 10.8. The first kappa shape index (κ1) is 29.4. The van der Waals surface area contributed by atoms with Crippen LogP contribution in [0.4, 0.5) is 0 Å². The monoisotopic (exact) mass is 716 g/mol. The van der Waals surface area contributed by atoms with Crippen LogP contribution in [0.25, 0.3) is 119 Å². The van der Waals surface area contributed by atoms with Gasteiger partial charge < -0.3 is 8.97 Å². The Hall–Kier alpha value is -7.08. The lowest BCUT2D eigenvalue weighted by Gasteiger charge is -2.11. The molecule has 0 unspecified atom stereocenters. The molecule has 0 atom stereocenters. The van der Waals surface area contributed by atoms with Crippen LogP contribution in [-0.4, -0.2) is 18.9 Å². The Balaban J connectivity index is 1.11. The smallest absolute Gasteiger partial charge is 0.160 e. The van der Waals surface area contributed by atoms with Crippen molar-refractivity contribution in [2.45, 2.75) is 0 Å². The van der Waals surface area contributed by atoms with E-state index in [-0.39, 0.29) is 0 Å². The predicted octanol–water partition coefficient (Wildman–Crippen LogP) is 13.6. The van der Waals surface area contributed by atoms with E-state index in [1.165, 1.54) is 80.8 Å². The molecule has 0 fully saturated rings. The van der Waals surface area contributed by atoms with E-state index >= 15 is 0 Å². The van der Waals surface area contributed by atoms with Gasteiger partial charge in [-0.2, -0.15) is 0 Å². The molecule has 0 bridgehead atoms. The average molecular weight is 717 g/mol. The number of rotatable bonds is 3. The van der Waals surface area contributed by atoms with Crippen molar-refractivity contribution in [2.75, 3.05) is 0 Å². The van der Waals surface area contributed by atoms with Gasteiger partial charge in [-0.1, -0.05) is 127 Å². The number of hydrogen-bond acceptors (Lipinski definition) is 3. The zero-order chi connectivity index (χ0) is 35.8. The molecule has 13 rings (SSSR count). The van der Waals surface area contributed by atoms with Crippen LogP contribution >= 0.6 is 11.3 Å². The van der Waals surface area contributed by atoms with E-state index in [1.54, 1.807) is 11.3 Å². The zero-order valence-electron chi connectivity index (χ0n) is 29.4. The highest BCUT2D eigenvalue weighted by Gasteiger charge is 2.25. The van der Waals surface area contributed by atoms with Gasteiger partial charge in [0, 0.05) is 59.2 Å². The van der Waals surface area contributed by atoms with Crippen LogP contribution in [-0.2, 0) is 0 Å². The molecule has 0 saturated heterocycles. The maximum Gasteiger partial charge on any atom is 0.160 e. The largest absolute Gasteiger partial charge is 0.309 e. The van der Waals surface area contributed by atoms with Gasteiger partial charge in [0.15, 0.2) is 5.82 Å². The summed E-state index contributed by atoms with van der Waals surface area (Å²) in [6.07, 6.45) is 0. The van der Waals surface area contributed by atoms with Crippen LogP contribution in [0.5, 0.6) is 0 Å². The first-order valence-electron chi connectivity index (χ1n) is 18.7. The number of aromatic nitrogens is 4. The molecule has 0 aliphatic heterocycles. The number of fused-ring (bicyclic) bond motifs is 15. The third-order valence-corrected chi connectivity index (χ3v) is 12.8. The first-order valence-corrected chi connectivity index (χ1v) is 19.5. The van der Waals surface area contributed by atoms with Crippen molar-refractivity contribution >= 4 is 102 Å². The fourth-order valence-electron chi connectivity index (χ4n) is 9.31. The molecular weight excluding hydrogens is 689 g/mol. The van der Waals surface area contributed by atoms with Gasteiger partial charge in [0.25, 0.3) is 0 Å². The van der Waals surface area contributed by atoms with Gasteiger partial charge in [-0.3, -0.25) is 0 Å². The molecular formula is C50H28N4S. The molecule has 254 valence electrons. The van der Waals surface area contributed by atoms with Crippen molar-refractivity contribution in [1.82, 2.24) is 18.9 Å². The Morgan fingerprint density at radius 2 is 1.15 bits per heavy atom. The van der Waals surface area contributed by atoms with E-state index in [9.17, 15) is 0 Å². The summed E-state index contributed by atoms with van der Waals surface area (Å²) in [4.78, 5) is 10.4. The molecule has 13 aromatic rings. The standard InChI is InChI=1S/C50H28N4S/c1-2-13-31(14-3-1)50-51-45(49-46(52-50)36-18-8-11-21-42(36)55-49)30-22-25-32(26-23-30)53-39-19-9-6-16-34(39)37-28-38-43-33-15-5-4-12-29(33)24-27-41(43)54-40-20-10-7-17-35(40)44(47(37)53)48(38)54/h1-28H. The summed E-state index contributed by atoms with van der Waals surface area (Å²) in [5, 5.41) is 11.4. The van der Waals surface area contributed by atoms with Gasteiger partial charge in [0.1, 0.15) is 0 Å². The number of hydrogen-bond donors (Lipinski definition) is 0. The normalized spacial score (nSPS) is 12.4. The Morgan fingerprint density at radius 1 is 0.436 bits per heavy atom. The maximum absolute atomic E-state index is 5.25. The molecule has 55 heavy (non-hydrogen) atoms. The van der Waals surface area contributed by atoms with Gasteiger partial charge in [-0.25, -0.2) is 9.97 Å². The minimum atomic E-state index is 0.743. The summed E-state index contributed by atoms with van der Waals surface area (Å²) in [7, 11) is 0. The van der Waals surface area contributed by atoms with Crippen molar-refractivity contribution < 1.29 is 0 Å². The lowest BCUT2D eigenvalue weighted by molar-refractivity contribution is 1.18. The lowest BCUT2D eigenvalue weighted by atomic mass is 10.00. The summed E-state index contributed by atoms with van der Waals surface area (Å²) in [5.41, 5.74) is 11.4. The number of nitrogens with zero attached hydrogens (tertiary/aromatic N) is 4. The van der Waals surface area contributed by atoms with Gasteiger partial charge >= 0.3 is 0 Å². The fraction of sp³-hybridized carbons (Fsp3) is 0. The summed E-state index contributed by atoms with van der Waals surface area (Å²) in [6, 6.07) is 61.5. The number of thiophene rings is 1. The van der Waals surface area contributed by atoms with Crippen molar-refractivity contribution in [3.05, 3.63) is 170 Å². The van der Waals surface area contributed by atoms with Crippen LogP contribution in [0.2, 0.25) is 0 Å². The van der Waals surface area contributed by atoms with E-state index in [0.29, 0.717) is 0 Å². The van der Waals surface area contributed by atoms with Crippen LogP contribution in [0.1, 0.15) is 0 Å². The van der Waals surface area contributed by atoms with Gasteiger partial charge in [-0.15, -0.1) is 11.3 Å². The van der Waals surface area contributed by atoms with Crippen molar-refractivity contribution in [1.29, 1.82) is 0 Å². The zero-order valence-corrected chi connectivity index (χ0v) is 30.2. The molecule has 4 nitrogen and oxygen atoms in total. The molecule has 5 aromatic heterocycles. The molecule has 0 saturated carbocycles. The van der Waals surface area contributed by atoms with E-state index in [0.717, 1.165) is 38.5 Å². The minimum Gasteiger partial charge on any atom is -0.309 e. The van der Waals surface area contributed by atoms with E-state index in [4.69, 9.17) is 9.97 Å². The second-order valence-corrected chi connectivity index (χ2v) is 15.6. The van der Waals surface area contributed by atoms with Crippen LogP contribution < -0.4 is 0 Å². The van der Waals surface area contributed by atoms with Gasteiger partial charge in [-0.05, 0) is 53.2 Å². The van der Waals surface area contributed by atoms with E-state index in [1.807, 2.05) is 18.2 Å². The highest BCUT2D eigenvalue weighted by atomic mass is 32.1. The topological polar surface area (TPSA) is 35.1 Å². The highest BCUT2D eigenvalue weighted by Crippen LogP contribution is 2.48. The van der Waals surface area contributed by atoms with E-state index in [2.05, 4.69) is 161 Å². The SMILES string of the molecule is c1ccc(-c2nc(-c3ccc(-n4c5ccccc5c5cc6c7c8ccccc8ccc7n7c8ccccc8c(c54)c67)cc3)c3sc4ccccc4c3n2)cc1. The van der Waals surface area contributed by atoms with E-state index < -0.39 is 0 Å². The molecule has 0 radical (unpaired) electrons. The average Bonchev–Trinajstić information content (AvgIpc) is 3.99. The number of para-hydroxylation sites is 2. The highest BCUT2D eigenvalue weighted by molar-refractivity contribution is 7.26. The second-order valence-electron chi connectivity index (χ2n) is 14.5. The third kappa shape index (κ3) is 3.89. The predicted molar refractivity (Wildman–Crippen MR) is 232 cm³/mol. The Labute approximate surface area is 318 Å². The molecule has 5 heteroatoms. The molecule has 0 amide bonds. The van der Waals surface area contributed by atoms with Crippen LogP contribution in [0.15, 0.2) is 170 Å². The van der Waals surface area contributed by atoms with Gasteiger partial charge in [0.2, 0.25) is 0 Å². The van der Waals surface area contributed by atoms with Crippen molar-refractivity contribution in [3.8, 4) is 28.3 Å². The van der Waals surface area contributed by atoms with Crippen LogP contribution in [0, 0.1) is 0 Å². The third-order valence-electron chi connectivity index (χ3n) is 11.6. The molecule has 5 heterocycles. The fourth-order valence-corrected chi connectivity index (χ4v) is 10.5. The minimum absolute atomic E-state index is 0.743. The summed E-state index contributed by atoms with van der Waals surface area (Å²) >= 11 is 1.77. The summed E-state index contributed by atoms with van der Waals surface area (Å²) in [6.45, 7) is 0. The van der Waals surface area contributed by atoms with Crippen molar-refractivity contribution in [3.63, 3.8) is 0 Å². The molecule has 0 spiro atoms. The first-order chi connectivity index (χ1) is 27.3. The number of benzene rings is 8. The Kier molecular flexibility index (Phi) is 5.74. The Morgan fingerprint density at radius 3 is 2.00 bits per heavy atom. The molecule has 0 aliphatic rings. The lowest BCUT2D eigenvalue weighted by Crippen LogP contribution is -1.96. The molecule has 8 aromatic carbocycles. The quantitative estimate of drug-likeness (QED) is 0.182. The molecule has 0 N–H and O–H groups in total.